The summed E-state index contributed by atoms with van der Waals surface area (Å²) in [4.78, 5) is 2.23. The Morgan fingerprint density at radius 3 is 2.65 bits per heavy atom. The SMILES string of the molecule is COc1ccc(C(C#N)N2CCCC2)cc1Br. The lowest BCUT2D eigenvalue weighted by molar-refractivity contribution is 0.294. The Labute approximate surface area is 110 Å². The van der Waals surface area contributed by atoms with Crippen LogP contribution in [0.2, 0.25) is 0 Å². The van der Waals surface area contributed by atoms with E-state index in [1.165, 1.54) is 12.8 Å². The molecule has 1 heterocycles. The van der Waals surface area contributed by atoms with Crippen molar-refractivity contribution in [1.82, 2.24) is 4.90 Å². The molecule has 0 bridgehead atoms. The Morgan fingerprint density at radius 1 is 1.41 bits per heavy atom. The van der Waals surface area contributed by atoms with Gasteiger partial charge in [-0.3, -0.25) is 4.90 Å². The second-order valence-corrected chi connectivity index (χ2v) is 5.02. The van der Waals surface area contributed by atoms with Gasteiger partial charge in [-0.25, -0.2) is 0 Å². The van der Waals surface area contributed by atoms with Gasteiger partial charge in [0.05, 0.1) is 17.7 Å². The number of halogens is 1. The zero-order valence-electron chi connectivity index (χ0n) is 9.82. The molecular formula is C13H15BrN2O. The quantitative estimate of drug-likeness (QED) is 0.859. The third-order valence-corrected chi connectivity index (χ3v) is 3.74. The molecule has 1 aliphatic heterocycles. The van der Waals surface area contributed by atoms with Crippen molar-refractivity contribution >= 4 is 15.9 Å². The summed E-state index contributed by atoms with van der Waals surface area (Å²) in [7, 11) is 1.64. The molecule has 1 aliphatic rings. The molecule has 0 N–H and O–H groups in total. The molecule has 1 aromatic carbocycles. The highest BCUT2D eigenvalue weighted by molar-refractivity contribution is 9.10. The molecule has 1 fully saturated rings. The Kier molecular flexibility index (Phi) is 4.03. The Morgan fingerprint density at radius 2 is 2.12 bits per heavy atom. The summed E-state index contributed by atoms with van der Waals surface area (Å²) in [6.45, 7) is 2.03. The first kappa shape index (κ1) is 12.4. The van der Waals surface area contributed by atoms with E-state index in [9.17, 15) is 5.26 Å². The molecule has 1 saturated heterocycles. The third-order valence-electron chi connectivity index (χ3n) is 3.12. The molecule has 3 nitrogen and oxygen atoms in total. The van der Waals surface area contributed by atoms with Gasteiger partial charge in [0.2, 0.25) is 0 Å². The van der Waals surface area contributed by atoms with E-state index in [1.807, 2.05) is 18.2 Å². The molecule has 1 atom stereocenters. The number of likely N-dealkylation sites (tertiary alicyclic amines) is 1. The molecule has 17 heavy (non-hydrogen) atoms. The Balaban J connectivity index is 2.25. The molecule has 1 unspecified atom stereocenters. The number of rotatable bonds is 3. The van der Waals surface area contributed by atoms with Crippen molar-refractivity contribution < 1.29 is 4.74 Å². The number of hydrogen-bond donors (Lipinski definition) is 0. The average Bonchev–Trinajstić information content (AvgIpc) is 2.84. The molecule has 0 amide bonds. The standard InChI is InChI=1S/C13H15BrN2O/c1-17-13-5-4-10(8-11(13)14)12(9-15)16-6-2-3-7-16/h4-5,8,12H,2-3,6-7H2,1H3. The van der Waals surface area contributed by atoms with Gasteiger partial charge >= 0.3 is 0 Å². The highest BCUT2D eigenvalue weighted by Crippen LogP contribution is 2.31. The minimum absolute atomic E-state index is 0.139. The van der Waals surface area contributed by atoms with Crippen molar-refractivity contribution in [1.29, 1.82) is 5.26 Å². The second-order valence-electron chi connectivity index (χ2n) is 4.17. The molecular weight excluding hydrogens is 280 g/mol. The predicted octanol–water partition coefficient (Wildman–Crippen LogP) is 3.12. The van der Waals surface area contributed by atoms with Crippen LogP contribution < -0.4 is 4.74 Å². The largest absolute Gasteiger partial charge is 0.496 e. The summed E-state index contributed by atoms with van der Waals surface area (Å²) >= 11 is 3.46. The van der Waals surface area contributed by atoms with Crippen LogP contribution in [0, 0.1) is 11.3 Å². The van der Waals surface area contributed by atoms with E-state index in [0.29, 0.717) is 0 Å². The molecule has 0 saturated carbocycles. The fraction of sp³-hybridized carbons (Fsp3) is 0.462. The van der Waals surface area contributed by atoms with Crippen molar-refractivity contribution in [2.75, 3.05) is 20.2 Å². The van der Waals surface area contributed by atoms with Gasteiger partial charge in [-0.2, -0.15) is 5.26 Å². The van der Waals surface area contributed by atoms with Crippen molar-refractivity contribution in [2.45, 2.75) is 18.9 Å². The van der Waals surface area contributed by atoms with E-state index in [0.717, 1.165) is 28.9 Å². The maximum Gasteiger partial charge on any atom is 0.133 e. The van der Waals surface area contributed by atoms with Gasteiger partial charge in [-0.1, -0.05) is 6.07 Å². The molecule has 4 heteroatoms. The molecule has 0 aliphatic carbocycles. The number of ether oxygens (including phenoxy) is 1. The number of methoxy groups -OCH3 is 1. The molecule has 2 rings (SSSR count). The van der Waals surface area contributed by atoms with Gasteiger partial charge in [0.25, 0.3) is 0 Å². The summed E-state index contributed by atoms with van der Waals surface area (Å²) in [6, 6.07) is 8.10. The van der Waals surface area contributed by atoms with Crippen molar-refractivity contribution in [3.63, 3.8) is 0 Å². The lowest BCUT2D eigenvalue weighted by Crippen LogP contribution is -2.24. The molecule has 0 spiro atoms. The van der Waals surface area contributed by atoms with Crippen LogP contribution in [0.1, 0.15) is 24.4 Å². The Bertz CT molecular complexity index is 436. The van der Waals surface area contributed by atoms with Gasteiger partial charge in [0.1, 0.15) is 11.8 Å². The van der Waals surface area contributed by atoms with Crippen molar-refractivity contribution in [2.24, 2.45) is 0 Å². The number of nitriles is 1. The second kappa shape index (κ2) is 5.52. The van der Waals surface area contributed by atoms with Crippen LogP contribution >= 0.6 is 15.9 Å². The van der Waals surface area contributed by atoms with E-state index in [4.69, 9.17) is 4.74 Å². The van der Waals surface area contributed by atoms with Crippen LogP contribution in [0.4, 0.5) is 0 Å². The number of nitrogens with zero attached hydrogens (tertiary/aromatic N) is 2. The van der Waals surface area contributed by atoms with Crippen LogP contribution in [-0.4, -0.2) is 25.1 Å². The summed E-state index contributed by atoms with van der Waals surface area (Å²) in [5, 5.41) is 9.32. The van der Waals surface area contributed by atoms with E-state index in [-0.39, 0.29) is 6.04 Å². The minimum Gasteiger partial charge on any atom is -0.496 e. The number of benzene rings is 1. The van der Waals surface area contributed by atoms with E-state index in [1.54, 1.807) is 7.11 Å². The van der Waals surface area contributed by atoms with Crippen molar-refractivity contribution in [3.05, 3.63) is 28.2 Å². The first-order chi connectivity index (χ1) is 8.26. The summed E-state index contributed by atoms with van der Waals surface area (Å²) in [5.41, 5.74) is 1.03. The summed E-state index contributed by atoms with van der Waals surface area (Å²) in [6.07, 6.45) is 2.38. The van der Waals surface area contributed by atoms with Crippen LogP contribution in [0.15, 0.2) is 22.7 Å². The summed E-state index contributed by atoms with van der Waals surface area (Å²) < 4.78 is 6.10. The molecule has 1 aromatic rings. The van der Waals surface area contributed by atoms with Gasteiger partial charge < -0.3 is 4.74 Å². The van der Waals surface area contributed by atoms with Gasteiger partial charge in [-0.05, 0) is 59.6 Å². The maximum absolute atomic E-state index is 9.32. The predicted molar refractivity (Wildman–Crippen MR) is 69.9 cm³/mol. The topological polar surface area (TPSA) is 36.3 Å². The van der Waals surface area contributed by atoms with Crippen LogP contribution in [0.25, 0.3) is 0 Å². The lowest BCUT2D eigenvalue weighted by atomic mass is 10.1. The van der Waals surface area contributed by atoms with E-state index >= 15 is 0 Å². The molecule has 0 aromatic heterocycles. The van der Waals surface area contributed by atoms with E-state index < -0.39 is 0 Å². The highest BCUT2D eigenvalue weighted by atomic mass is 79.9. The van der Waals surface area contributed by atoms with Crippen LogP contribution in [0.5, 0.6) is 5.75 Å². The normalized spacial score (nSPS) is 17.7. The maximum atomic E-state index is 9.32. The van der Waals surface area contributed by atoms with Gasteiger partial charge in [0, 0.05) is 0 Å². The summed E-state index contributed by atoms with van der Waals surface area (Å²) in [5.74, 6) is 0.798. The highest BCUT2D eigenvalue weighted by Gasteiger charge is 2.23. The van der Waals surface area contributed by atoms with Gasteiger partial charge in [0.15, 0.2) is 0 Å². The smallest absolute Gasteiger partial charge is 0.133 e. The van der Waals surface area contributed by atoms with Crippen LogP contribution in [-0.2, 0) is 0 Å². The van der Waals surface area contributed by atoms with Gasteiger partial charge in [-0.15, -0.1) is 0 Å². The molecule has 90 valence electrons. The van der Waals surface area contributed by atoms with Crippen LogP contribution in [0.3, 0.4) is 0 Å². The van der Waals surface area contributed by atoms with E-state index in [2.05, 4.69) is 26.9 Å². The minimum atomic E-state index is -0.139. The monoisotopic (exact) mass is 294 g/mol. The lowest BCUT2D eigenvalue weighted by Gasteiger charge is -2.22. The average molecular weight is 295 g/mol. The third kappa shape index (κ3) is 2.62. The number of hydrogen-bond acceptors (Lipinski definition) is 3. The Hall–Kier alpha value is -1.05. The first-order valence-electron chi connectivity index (χ1n) is 5.73. The zero-order chi connectivity index (χ0) is 12.3. The fourth-order valence-electron chi connectivity index (χ4n) is 2.22. The molecule has 0 radical (unpaired) electrons. The fourth-order valence-corrected chi connectivity index (χ4v) is 2.78. The zero-order valence-corrected chi connectivity index (χ0v) is 11.4. The van der Waals surface area contributed by atoms with Crippen molar-refractivity contribution in [3.8, 4) is 11.8 Å². The first-order valence-corrected chi connectivity index (χ1v) is 6.52.